The highest BCUT2D eigenvalue weighted by atomic mass is 16.4. The minimum absolute atomic E-state index is 0.139. The molecule has 1 saturated carbocycles. The molecule has 166 valence electrons. The number of amides is 1. The molecule has 0 radical (unpaired) electrons. The van der Waals surface area contributed by atoms with E-state index in [1.165, 1.54) is 6.42 Å². The molecule has 5 rings (SSSR count). The van der Waals surface area contributed by atoms with Crippen LogP contribution in [0.1, 0.15) is 66.3 Å². The van der Waals surface area contributed by atoms with Gasteiger partial charge >= 0.3 is 5.97 Å². The van der Waals surface area contributed by atoms with Gasteiger partial charge in [0.2, 0.25) is 0 Å². The van der Waals surface area contributed by atoms with Crippen LogP contribution in [0, 0.1) is 10.8 Å². The molecule has 0 spiro atoms. The number of carboxylic acid groups (broad SMARTS) is 1. The maximum Gasteiger partial charge on any atom is 0.335 e. The Labute approximate surface area is 188 Å². The summed E-state index contributed by atoms with van der Waals surface area (Å²) in [6, 6.07) is 15.3. The van der Waals surface area contributed by atoms with Crippen molar-refractivity contribution < 1.29 is 14.7 Å². The van der Waals surface area contributed by atoms with E-state index in [1.807, 2.05) is 36.5 Å². The summed E-state index contributed by atoms with van der Waals surface area (Å²) in [6.45, 7) is 8.41. The van der Waals surface area contributed by atoms with E-state index in [-0.39, 0.29) is 16.7 Å². The maximum absolute atomic E-state index is 13.4. The molecule has 2 fully saturated rings. The average molecular weight is 431 g/mol. The lowest BCUT2D eigenvalue weighted by Gasteiger charge is -2.39. The molecule has 2 aromatic carbocycles. The summed E-state index contributed by atoms with van der Waals surface area (Å²) in [7, 11) is 0. The lowest BCUT2D eigenvalue weighted by atomic mass is 9.65. The number of aromatic nitrogens is 1. The third kappa shape index (κ3) is 3.70. The van der Waals surface area contributed by atoms with Crippen molar-refractivity contribution in [3.05, 3.63) is 71.4 Å². The number of carboxylic acids is 1. The van der Waals surface area contributed by atoms with Crippen LogP contribution in [0.4, 0.5) is 0 Å². The second kappa shape index (κ2) is 7.22. The second-order valence-corrected chi connectivity index (χ2v) is 10.9. The molecule has 5 heteroatoms. The average Bonchev–Trinajstić information content (AvgIpc) is 3.23. The zero-order chi connectivity index (χ0) is 22.7. The van der Waals surface area contributed by atoms with Crippen LogP contribution >= 0.6 is 0 Å². The molecule has 2 unspecified atom stereocenters. The minimum Gasteiger partial charge on any atom is -0.478 e. The van der Waals surface area contributed by atoms with Gasteiger partial charge in [0, 0.05) is 41.8 Å². The SMILES string of the molecule is CC1(C)CC2CC(C)(CN2C(=O)c2ccc3c(ccn3Cc3cccc(C(=O)O)c3)c2)C1. The first-order valence-electron chi connectivity index (χ1n) is 11.3. The Balaban J connectivity index is 1.39. The molecule has 32 heavy (non-hydrogen) atoms. The van der Waals surface area contributed by atoms with Crippen molar-refractivity contribution in [1.29, 1.82) is 0 Å². The molecular weight excluding hydrogens is 400 g/mol. The molecule has 1 N–H and O–H groups in total. The predicted molar refractivity (Wildman–Crippen MR) is 125 cm³/mol. The highest BCUT2D eigenvalue weighted by Crippen LogP contribution is 2.52. The monoisotopic (exact) mass is 430 g/mol. The van der Waals surface area contributed by atoms with Crippen molar-refractivity contribution >= 4 is 22.8 Å². The molecule has 1 saturated heterocycles. The number of rotatable bonds is 4. The number of hydrogen-bond acceptors (Lipinski definition) is 2. The normalized spacial score (nSPS) is 24.1. The van der Waals surface area contributed by atoms with Crippen molar-refractivity contribution in [3.8, 4) is 0 Å². The van der Waals surface area contributed by atoms with E-state index in [9.17, 15) is 14.7 Å². The first-order chi connectivity index (χ1) is 15.1. The molecule has 1 aliphatic heterocycles. The third-order valence-electron chi connectivity index (χ3n) is 7.22. The van der Waals surface area contributed by atoms with Gasteiger partial charge in [0.05, 0.1) is 5.56 Å². The highest BCUT2D eigenvalue weighted by Gasteiger charge is 2.51. The molecule has 5 nitrogen and oxygen atoms in total. The van der Waals surface area contributed by atoms with Gasteiger partial charge in [-0.3, -0.25) is 4.79 Å². The van der Waals surface area contributed by atoms with E-state index in [4.69, 9.17) is 0 Å². The van der Waals surface area contributed by atoms with E-state index in [0.717, 1.165) is 41.4 Å². The second-order valence-electron chi connectivity index (χ2n) is 10.9. The quantitative estimate of drug-likeness (QED) is 0.600. The number of carbonyl (C=O) groups is 2. The van der Waals surface area contributed by atoms with Crippen LogP contribution in [0.5, 0.6) is 0 Å². The van der Waals surface area contributed by atoms with Crippen LogP contribution in [0.2, 0.25) is 0 Å². The number of nitrogens with zero attached hydrogens (tertiary/aromatic N) is 2. The standard InChI is InChI=1S/C27H30N2O3/c1-26(2)13-22-14-27(3,16-26)17-29(22)24(30)20-7-8-23-19(12-20)9-10-28(23)15-18-5-4-6-21(11-18)25(31)32/h4-12,22H,13-17H2,1-3H3,(H,31,32). The van der Waals surface area contributed by atoms with Crippen LogP contribution in [0.3, 0.4) is 0 Å². The summed E-state index contributed by atoms with van der Waals surface area (Å²) in [4.78, 5) is 26.8. The smallest absolute Gasteiger partial charge is 0.335 e. The fourth-order valence-corrected chi connectivity index (χ4v) is 6.33. The van der Waals surface area contributed by atoms with Gasteiger partial charge < -0.3 is 14.6 Å². The Morgan fingerprint density at radius 1 is 1.03 bits per heavy atom. The molecule has 3 aromatic rings. The fraction of sp³-hybridized carbons (Fsp3) is 0.407. The summed E-state index contributed by atoms with van der Waals surface area (Å²) in [5.74, 6) is -0.781. The molecule has 2 heterocycles. The van der Waals surface area contributed by atoms with E-state index in [0.29, 0.717) is 18.2 Å². The minimum atomic E-state index is -0.920. The molecule has 2 bridgehead atoms. The zero-order valence-electron chi connectivity index (χ0n) is 19.0. The third-order valence-corrected chi connectivity index (χ3v) is 7.22. The number of hydrogen-bond donors (Lipinski definition) is 1. The lowest BCUT2D eigenvalue weighted by Crippen LogP contribution is -2.37. The fourth-order valence-electron chi connectivity index (χ4n) is 6.33. The Bertz CT molecular complexity index is 1220. The van der Waals surface area contributed by atoms with Gasteiger partial charge in [0.15, 0.2) is 0 Å². The molecular formula is C27H30N2O3. The predicted octanol–water partition coefficient (Wildman–Crippen LogP) is 5.43. The summed E-state index contributed by atoms with van der Waals surface area (Å²) in [6.07, 6.45) is 5.35. The van der Waals surface area contributed by atoms with E-state index in [2.05, 4.69) is 30.2 Å². The molecule has 1 amide bonds. The molecule has 1 aliphatic carbocycles. The van der Waals surface area contributed by atoms with Crippen molar-refractivity contribution in [2.45, 2.75) is 52.6 Å². The Hall–Kier alpha value is -3.08. The van der Waals surface area contributed by atoms with E-state index >= 15 is 0 Å². The van der Waals surface area contributed by atoms with E-state index < -0.39 is 5.97 Å². The van der Waals surface area contributed by atoms with Gasteiger partial charge in [-0.25, -0.2) is 4.79 Å². The van der Waals surface area contributed by atoms with Crippen molar-refractivity contribution in [2.24, 2.45) is 10.8 Å². The number of fused-ring (bicyclic) bond motifs is 3. The summed E-state index contributed by atoms with van der Waals surface area (Å²) < 4.78 is 2.09. The number of aromatic carboxylic acids is 1. The Kier molecular flexibility index (Phi) is 4.70. The van der Waals surface area contributed by atoms with Crippen LogP contribution in [-0.4, -0.2) is 39.0 Å². The van der Waals surface area contributed by atoms with Crippen LogP contribution in [0.25, 0.3) is 10.9 Å². The largest absolute Gasteiger partial charge is 0.478 e. The van der Waals surface area contributed by atoms with Gasteiger partial charge in [-0.15, -0.1) is 0 Å². The van der Waals surface area contributed by atoms with Crippen LogP contribution in [-0.2, 0) is 6.54 Å². The van der Waals surface area contributed by atoms with Crippen molar-refractivity contribution in [3.63, 3.8) is 0 Å². The first-order valence-corrected chi connectivity index (χ1v) is 11.3. The summed E-state index contributed by atoms with van der Waals surface area (Å²) in [5.41, 5.74) is 3.51. The van der Waals surface area contributed by atoms with Gasteiger partial charge in [0.25, 0.3) is 5.91 Å². The number of likely N-dealkylation sites (tertiary alicyclic amines) is 1. The van der Waals surface area contributed by atoms with Crippen LogP contribution < -0.4 is 0 Å². The van der Waals surface area contributed by atoms with Crippen molar-refractivity contribution in [2.75, 3.05) is 6.54 Å². The number of benzene rings is 2. The molecule has 1 aromatic heterocycles. The van der Waals surface area contributed by atoms with Gasteiger partial charge in [-0.05, 0) is 72.1 Å². The van der Waals surface area contributed by atoms with E-state index in [1.54, 1.807) is 18.2 Å². The van der Waals surface area contributed by atoms with Gasteiger partial charge in [-0.2, -0.15) is 0 Å². The zero-order valence-corrected chi connectivity index (χ0v) is 19.0. The molecule has 2 atom stereocenters. The Morgan fingerprint density at radius 3 is 2.62 bits per heavy atom. The number of carbonyl (C=O) groups excluding carboxylic acids is 1. The van der Waals surface area contributed by atoms with Gasteiger partial charge in [0.1, 0.15) is 0 Å². The summed E-state index contributed by atoms with van der Waals surface area (Å²) >= 11 is 0. The maximum atomic E-state index is 13.4. The lowest BCUT2D eigenvalue weighted by molar-refractivity contribution is 0.0691. The Morgan fingerprint density at radius 2 is 1.84 bits per heavy atom. The topological polar surface area (TPSA) is 62.5 Å². The van der Waals surface area contributed by atoms with Crippen LogP contribution in [0.15, 0.2) is 54.7 Å². The summed E-state index contributed by atoms with van der Waals surface area (Å²) in [5, 5.41) is 10.3. The van der Waals surface area contributed by atoms with Crippen molar-refractivity contribution in [1.82, 2.24) is 9.47 Å². The highest BCUT2D eigenvalue weighted by molar-refractivity contribution is 5.98. The first kappa shape index (κ1) is 20.8. The molecule has 2 aliphatic rings. The van der Waals surface area contributed by atoms with Gasteiger partial charge in [-0.1, -0.05) is 32.9 Å².